The van der Waals surface area contributed by atoms with E-state index in [-0.39, 0.29) is 11.9 Å². The lowest BCUT2D eigenvalue weighted by Crippen LogP contribution is -2.33. The number of hydrogen-bond acceptors (Lipinski definition) is 3. The van der Waals surface area contributed by atoms with Crippen LogP contribution >= 0.6 is 11.3 Å². The van der Waals surface area contributed by atoms with Gasteiger partial charge in [-0.3, -0.25) is 4.79 Å². The zero-order chi connectivity index (χ0) is 16.1. The molecule has 0 bridgehead atoms. The molecule has 0 radical (unpaired) electrons. The van der Waals surface area contributed by atoms with Crippen LogP contribution in [0.1, 0.15) is 29.4 Å². The zero-order valence-corrected chi connectivity index (χ0v) is 13.8. The van der Waals surface area contributed by atoms with Crippen molar-refractivity contribution in [2.75, 3.05) is 0 Å². The van der Waals surface area contributed by atoms with Crippen LogP contribution in [0.15, 0.2) is 60.2 Å². The second-order valence-corrected chi connectivity index (χ2v) is 6.34. The van der Waals surface area contributed by atoms with Crippen molar-refractivity contribution in [3.05, 3.63) is 71.5 Å². The summed E-state index contributed by atoms with van der Waals surface area (Å²) < 4.78 is 1.90. The highest BCUT2D eigenvalue weighted by molar-refractivity contribution is 7.12. The van der Waals surface area contributed by atoms with E-state index in [2.05, 4.69) is 22.4 Å². The molecule has 1 atom stereocenters. The first kappa shape index (κ1) is 15.5. The molecule has 1 unspecified atom stereocenters. The Balaban J connectivity index is 1.54. The molecule has 0 aliphatic carbocycles. The van der Waals surface area contributed by atoms with Crippen LogP contribution in [0.25, 0.3) is 5.13 Å². The standard InChI is InChI=1S/C18H19N3OS/c1-14(9-10-15-7-3-2-4-8-15)19-17(22)16-13-23-18(20-16)21-11-5-6-12-21/h2-8,11-14H,9-10H2,1H3,(H,19,22). The molecule has 3 rings (SSSR count). The van der Waals surface area contributed by atoms with Crippen LogP contribution in [0.3, 0.4) is 0 Å². The Labute approximate surface area is 139 Å². The number of nitrogens with one attached hydrogen (secondary N) is 1. The van der Waals surface area contributed by atoms with Crippen molar-refractivity contribution in [1.82, 2.24) is 14.9 Å². The normalized spacial score (nSPS) is 12.0. The summed E-state index contributed by atoms with van der Waals surface area (Å²) in [5.74, 6) is -0.111. The number of aromatic nitrogens is 2. The number of aryl methyl sites for hydroxylation is 1. The van der Waals surface area contributed by atoms with Gasteiger partial charge in [0.1, 0.15) is 5.69 Å². The van der Waals surface area contributed by atoms with Gasteiger partial charge in [0, 0.05) is 23.8 Å². The predicted molar refractivity (Wildman–Crippen MR) is 93.1 cm³/mol. The van der Waals surface area contributed by atoms with E-state index < -0.39 is 0 Å². The van der Waals surface area contributed by atoms with E-state index in [0.29, 0.717) is 5.69 Å². The topological polar surface area (TPSA) is 46.9 Å². The molecule has 2 heterocycles. The third-order valence-corrected chi connectivity index (χ3v) is 4.49. The summed E-state index contributed by atoms with van der Waals surface area (Å²) in [7, 11) is 0. The van der Waals surface area contributed by atoms with E-state index in [9.17, 15) is 4.79 Å². The highest BCUT2D eigenvalue weighted by Crippen LogP contribution is 2.15. The smallest absolute Gasteiger partial charge is 0.271 e. The van der Waals surface area contributed by atoms with Crippen LogP contribution in [-0.4, -0.2) is 21.5 Å². The number of carbonyl (C=O) groups excluding carboxylic acids is 1. The van der Waals surface area contributed by atoms with Gasteiger partial charge in [-0.1, -0.05) is 30.3 Å². The Kier molecular flexibility index (Phi) is 4.88. The van der Waals surface area contributed by atoms with Gasteiger partial charge < -0.3 is 9.88 Å². The van der Waals surface area contributed by atoms with Crippen molar-refractivity contribution in [3.8, 4) is 5.13 Å². The number of amides is 1. The van der Waals surface area contributed by atoms with Crippen LogP contribution < -0.4 is 5.32 Å². The largest absolute Gasteiger partial charge is 0.348 e. The highest BCUT2D eigenvalue weighted by atomic mass is 32.1. The summed E-state index contributed by atoms with van der Waals surface area (Å²) in [5.41, 5.74) is 1.77. The molecule has 4 nitrogen and oxygen atoms in total. The summed E-state index contributed by atoms with van der Waals surface area (Å²) in [6.07, 6.45) is 5.70. The van der Waals surface area contributed by atoms with Crippen LogP contribution in [0.2, 0.25) is 0 Å². The average molecular weight is 325 g/mol. The monoisotopic (exact) mass is 325 g/mol. The van der Waals surface area contributed by atoms with Crippen molar-refractivity contribution in [2.45, 2.75) is 25.8 Å². The Hall–Kier alpha value is -2.40. The van der Waals surface area contributed by atoms with Crippen molar-refractivity contribution >= 4 is 17.2 Å². The zero-order valence-electron chi connectivity index (χ0n) is 13.0. The Morgan fingerprint density at radius 3 is 2.70 bits per heavy atom. The molecule has 0 fully saturated rings. The lowest BCUT2D eigenvalue weighted by atomic mass is 10.1. The fraction of sp³-hybridized carbons (Fsp3) is 0.222. The fourth-order valence-corrected chi connectivity index (χ4v) is 3.12. The molecule has 3 aromatic rings. The van der Waals surface area contributed by atoms with Gasteiger partial charge in [-0.05, 0) is 37.5 Å². The maximum absolute atomic E-state index is 12.3. The number of hydrogen-bond donors (Lipinski definition) is 1. The van der Waals surface area contributed by atoms with E-state index in [1.165, 1.54) is 16.9 Å². The quantitative estimate of drug-likeness (QED) is 0.751. The molecule has 5 heteroatoms. The first-order valence-corrected chi connectivity index (χ1v) is 8.54. The average Bonchev–Trinajstić information content (AvgIpc) is 3.24. The van der Waals surface area contributed by atoms with E-state index in [1.807, 2.05) is 54.2 Å². The molecule has 2 aromatic heterocycles. The van der Waals surface area contributed by atoms with Gasteiger partial charge in [0.05, 0.1) is 0 Å². The van der Waals surface area contributed by atoms with Crippen molar-refractivity contribution in [3.63, 3.8) is 0 Å². The molecular formula is C18H19N3OS. The van der Waals surface area contributed by atoms with Gasteiger partial charge in [0.25, 0.3) is 5.91 Å². The maximum Gasteiger partial charge on any atom is 0.271 e. The molecule has 0 aliphatic rings. The van der Waals surface area contributed by atoms with Crippen LogP contribution in [0.4, 0.5) is 0 Å². The van der Waals surface area contributed by atoms with Crippen molar-refractivity contribution < 1.29 is 4.79 Å². The van der Waals surface area contributed by atoms with Crippen LogP contribution in [-0.2, 0) is 6.42 Å². The fourth-order valence-electron chi connectivity index (χ4n) is 2.35. The Morgan fingerprint density at radius 1 is 1.22 bits per heavy atom. The third-order valence-electron chi connectivity index (χ3n) is 3.64. The molecule has 0 spiro atoms. The van der Waals surface area contributed by atoms with Crippen molar-refractivity contribution in [1.29, 1.82) is 0 Å². The van der Waals surface area contributed by atoms with Gasteiger partial charge in [-0.2, -0.15) is 0 Å². The summed E-state index contributed by atoms with van der Waals surface area (Å²) in [6.45, 7) is 2.03. The number of benzene rings is 1. The number of carbonyl (C=O) groups is 1. The van der Waals surface area contributed by atoms with Gasteiger partial charge in [0.15, 0.2) is 5.13 Å². The van der Waals surface area contributed by atoms with Gasteiger partial charge in [0.2, 0.25) is 0 Å². The predicted octanol–water partition coefficient (Wildman–Crippen LogP) is 3.68. The molecule has 0 saturated heterocycles. The highest BCUT2D eigenvalue weighted by Gasteiger charge is 2.14. The third kappa shape index (κ3) is 4.07. The summed E-state index contributed by atoms with van der Waals surface area (Å²) in [4.78, 5) is 16.7. The summed E-state index contributed by atoms with van der Waals surface area (Å²) in [6, 6.07) is 14.3. The minimum Gasteiger partial charge on any atom is -0.348 e. The molecule has 1 aromatic carbocycles. The molecule has 23 heavy (non-hydrogen) atoms. The lowest BCUT2D eigenvalue weighted by molar-refractivity contribution is 0.0934. The Bertz CT molecular complexity index is 750. The molecule has 1 N–H and O–H groups in total. The van der Waals surface area contributed by atoms with Gasteiger partial charge in [-0.15, -0.1) is 11.3 Å². The van der Waals surface area contributed by atoms with Gasteiger partial charge in [-0.25, -0.2) is 4.98 Å². The first-order chi connectivity index (χ1) is 11.2. The molecule has 118 valence electrons. The minimum atomic E-state index is -0.111. The molecule has 0 saturated carbocycles. The van der Waals surface area contributed by atoms with E-state index >= 15 is 0 Å². The second-order valence-electron chi connectivity index (χ2n) is 5.50. The second kappa shape index (κ2) is 7.24. The van der Waals surface area contributed by atoms with Crippen LogP contribution in [0.5, 0.6) is 0 Å². The number of rotatable bonds is 6. The number of nitrogens with zero attached hydrogens (tertiary/aromatic N) is 2. The SMILES string of the molecule is CC(CCc1ccccc1)NC(=O)c1csc(-n2cccc2)n1. The van der Waals surface area contributed by atoms with Crippen LogP contribution in [0, 0.1) is 0 Å². The first-order valence-electron chi connectivity index (χ1n) is 7.66. The maximum atomic E-state index is 12.3. The Morgan fingerprint density at radius 2 is 1.96 bits per heavy atom. The van der Waals surface area contributed by atoms with Gasteiger partial charge >= 0.3 is 0 Å². The minimum absolute atomic E-state index is 0.111. The van der Waals surface area contributed by atoms with E-state index in [0.717, 1.165) is 18.0 Å². The van der Waals surface area contributed by atoms with E-state index in [1.54, 1.807) is 5.38 Å². The summed E-state index contributed by atoms with van der Waals surface area (Å²) >= 11 is 1.46. The molecule has 1 amide bonds. The van der Waals surface area contributed by atoms with Crippen molar-refractivity contribution in [2.24, 2.45) is 0 Å². The lowest BCUT2D eigenvalue weighted by Gasteiger charge is -2.12. The summed E-state index contributed by atoms with van der Waals surface area (Å²) in [5, 5.41) is 5.62. The van der Waals surface area contributed by atoms with E-state index in [4.69, 9.17) is 0 Å². The molecule has 0 aliphatic heterocycles. The number of thiazole rings is 1. The molecular weight excluding hydrogens is 306 g/mol.